The highest BCUT2D eigenvalue weighted by Gasteiger charge is 2.05. The molecule has 0 fully saturated rings. The highest BCUT2D eigenvalue weighted by molar-refractivity contribution is 7.10. The zero-order valence-corrected chi connectivity index (χ0v) is 11.3. The van der Waals surface area contributed by atoms with Crippen LogP contribution in [0.2, 0.25) is 0 Å². The van der Waals surface area contributed by atoms with Gasteiger partial charge in [-0.2, -0.15) is 0 Å². The van der Waals surface area contributed by atoms with E-state index in [4.69, 9.17) is 0 Å². The van der Waals surface area contributed by atoms with Gasteiger partial charge in [0.15, 0.2) is 0 Å². The van der Waals surface area contributed by atoms with E-state index in [0.29, 0.717) is 0 Å². The molecule has 0 unspecified atom stereocenters. The van der Waals surface area contributed by atoms with Crippen LogP contribution in [0, 0.1) is 0 Å². The Hall–Kier alpha value is -1.08. The minimum atomic E-state index is 1.24. The molecule has 0 amide bonds. The van der Waals surface area contributed by atoms with Crippen molar-refractivity contribution >= 4 is 11.3 Å². The fraction of sp³-hybridized carbons (Fsp3) is 0.375. The molecule has 0 aliphatic carbocycles. The maximum atomic E-state index is 2.26. The summed E-state index contributed by atoms with van der Waals surface area (Å²) in [5.74, 6) is 0. The summed E-state index contributed by atoms with van der Waals surface area (Å²) in [5.41, 5.74) is 2.80. The van der Waals surface area contributed by atoms with E-state index in [1.54, 1.807) is 4.88 Å². The molecular formula is C16H20S. The van der Waals surface area contributed by atoms with Crippen molar-refractivity contribution in [3.63, 3.8) is 0 Å². The molecule has 0 aliphatic rings. The zero-order chi connectivity index (χ0) is 11.9. The first-order valence-electron chi connectivity index (χ1n) is 6.53. The predicted octanol–water partition coefficient (Wildman–Crippen LogP) is 5.54. The fourth-order valence-corrected chi connectivity index (χ4v) is 3.06. The summed E-state index contributed by atoms with van der Waals surface area (Å²) in [4.78, 5) is 1.55. The van der Waals surface area contributed by atoms with E-state index < -0.39 is 0 Å². The highest BCUT2D eigenvalue weighted by Crippen LogP contribution is 2.29. The normalized spacial score (nSPS) is 10.6. The van der Waals surface area contributed by atoms with Gasteiger partial charge in [0.1, 0.15) is 0 Å². The molecule has 1 aromatic carbocycles. The lowest BCUT2D eigenvalue weighted by Crippen LogP contribution is -1.85. The lowest BCUT2D eigenvalue weighted by molar-refractivity contribution is 0.670. The first kappa shape index (κ1) is 12.4. The van der Waals surface area contributed by atoms with Gasteiger partial charge in [-0.15, -0.1) is 11.3 Å². The standard InChI is InChI=1S/C16H20S/c1-2-3-4-8-11-16-15(12-13-17-16)14-9-6-5-7-10-14/h5-7,9-10,12-13H,2-4,8,11H2,1H3. The van der Waals surface area contributed by atoms with Gasteiger partial charge in [0, 0.05) is 4.88 Å². The lowest BCUT2D eigenvalue weighted by Gasteiger charge is -2.04. The predicted molar refractivity (Wildman–Crippen MR) is 77.6 cm³/mol. The molecule has 2 aromatic rings. The molecule has 0 spiro atoms. The van der Waals surface area contributed by atoms with Crippen molar-refractivity contribution in [3.05, 3.63) is 46.7 Å². The van der Waals surface area contributed by atoms with E-state index in [0.717, 1.165) is 0 Å². The molecule has 0 saturated carbocycles. The molecular weight excluding hydrogens is 224 g/mol. The average molecular weight is 244 g/mol. The van der Waals surface area contributed by atoms with Crippen LogP contribution in [0.1, 0.15) is 37.5 Å². The van der Waals surface area contributed by atoms with Gasteiger partial charge in [0.25, 0.3) is 0 Å². The van der Waals surface area contributed by atoms with Crippen molar-refractivity contribution in [2.45, 2.75) is 39.0 Å². The Morgan fingerprint density at radius 2 is 1.76 bits per heavy atom. The topological polar surface area (TPSA) is 0 Å². The Morgan fingerprint density at radius 1 is 0.941 bits per heavy atom. The van der Waals surface area contributed by atoms with Gasteiger partial charge in [0.05, 0.1) is 0 Å². The molecule has 0 saturated heterocycles. The molecule has 1 heteroatoms. The van der Waals surface area contributed by atoms with Crippen molar-refractivity contribution in [2.75, 3.05) is 0 Å². The van der Waals surface area contributed by atoms with Gasteiger partial charge < -0.3 is 0 Å². The third-order valence-corrected chi connectivity index (χ3v) is 4.07. The van der Waals surface area contributed by atoms with Gasteiger partial charge in [-0.05, 0) is 35.4 Å². The monoisotopic (exact) mass is 244 g/mol. The third kappa shape index (κ3) is 3.44. The van der Waals surface area contributed by atoms with E-state index in [1.165, 1.54) is 43.2 Å². The summed E-state index contributed by atoms with van der Waals surface area (Å²) in [7, 11) is 0. The number of hydrogen-bond acceptors (Lipinski definition) is 1. The molecule has 0 atom stereocenters. The quantitative estimate of drug-likeness (QED) is 0.585. The first-order valence-corrected chi connectivity index (χ1v) is 7.41. The number of aryl methyl sites for hydroxylation is 1. The van der Waals surface area contributed by atoms with E-state index >= 15 is 0 Å². The molecule has 0 radical (unpaired) electrons. The van der Waals surface area contributed by atoms with Crippen molar-refractivity contribution < 1.29 is 0 Å². The Bertz CT molecular complexity index is 428. The van der Waals surface area contributed by atoms with Gasteiger partial charge in [-0.25, -0.2) is 0 Å². The van der Waals surface area contributed by atoms with Gasteiger partial charge in [0.2, 0.25) is 0 Å². The summed E-state index contributed by atoms with van der Waals surface area (Å²) in [5, 5.41) is 2.22. The Kier molecular flexibility index (Phi) is 4.81. The van der Waals surface area contributed by atoms with Crippen LogP contribution in [0.4, 0.5) is 0 Å². The minimum Gasteiger partial charge on any atom is -0.148 e. The Balaban J connectivity index is 2.02. The molecule has 0 N–H and O–H groups in total. The summed E-state index contributed by atoms with van der Waals surface area (Å²) in [6.07, 6.45) is 6.61. The van der Waals surface area contributed by atoms with E-state index in [9.17, 15) is 0 Å². The van der Waals surface area contributed by atoms with Crippen LogP contribution in [0.25, 0.3) is 11.1 Å². The molecule has 90 valence electrons. The molecule has 0 bridgehead atoms. The van der Waals surface area contributed by atoms with Gasteiger partial charge in [-0.1, -0.05) is 56.5 Å². The van der Waals surface area contributed by atoms with Crippen LogP contribution in [0.15, 0.2) is 41.8 Å². The molecule has 0 aliphatic heterocycles. The highest BCUT2D eigenvalue weighted by atomic mass is 32.1. The molecule has 2 rings (SSSR count). The van der Waals surface area contributed by atoms with Gasteiger partial charge in [-0.3, -0.25) is 0 Å². The maximum absolute atomic E-state index is 2.26. The second-order valence-electron chi connectivity index (χ2n) is 4.43. The van der Waals surface area contributed by atoms with E-state index in [-0.39, 0.29) is 0 Å². The summed E-state index contributed by atoms with van der Waals surface area (Å²) < 4.78 is 0. The second-order valence-corrected chi connectivity index (χ2v) is 5.43. The molecule has 17 heavy (non-hydrogen) atoms. The zero-order valence-electron chi connectivity index (χ0n) is 10.5. The van der Waals surface area contributed by atoms with Crippen LogP contribution >= 0.6 is 11.3 Å². The van der Waals surface area contributed by atoms with Crippen LogP contribution < -0.4 is 0 Å². The van der Waals surface area contributed by atoms with E-state index in [1.807, 2.05) is 11.3 Å². The van der Waals surface area contributed by atoms with E-state index in [2.05, 4.69) is 48.7 Å². The summed E-state index contributed by atoms with van der Waals surface area (Å²) in [6.45, 7) is 2.26. The minimum absolute atomic E-state index is 1.24. The van der Waals surface area contributed by atoms with Crippen LogP contribution in [-0.4, -0.2) is 0 Å². The Morgan fingerprint density at radius 3 is 2.53 bits per heavy atom. The smallest absolute Gasteiger partial charge is 0.0124 e. The van der Waals surface area contributed by atoms with Crippen molar-refractivity contribution in [1.29, 1.82) is 0 Å². The average Bonchev–Trinajstić information content (AvgIpc) is 2.84. The molecule has 1 aromatic heterocycles. The number of thiophene rings is 1. The lowest BCUT2D eigenvalue weighted by atomic mass is 10.0. The number of hydrogen-bond donors (Lipinski definition) is 0. The van der Waals surface area contributed by atoms with Crippen molar-refractivity contribution in [1.82, 2.24) is 0 Å². The number of rotatable bonds is 6. The molecule has 0 nitrogen and oxygen atoms in total. The van der Waals surface area contributed by atoms with Crippen LogP contribution in [-0.2, 0) is 6.42 Å². The first-order chi connectivity index (χ1) is 8.42. The van der Waals surface area contributed by atoms with Crippen molar-refractivity contribution in [2.24, 2.45) is 0 Å². The van der Waals surface area contributed by atoms with Crippen LogP contribution in [0.3, 0.4) is 0 Å². The fourth-order valence-electron chi connectivity index (χ4n) is 2.12. The second kappa shape index (κ2) is 6.61. The maximum Gasteiger partial charge on any atom is 0.0124 e. The Labute approximate surface area is 108 Å². The summed E-state index contributed by atoms with van der Waals surface area (Å²) >= 11 is 1.90. The SMILES string of the molecule is CCCCCCc1sccc1-c1ccccc1. The number of unbranched alkanes of at least 4 members (excludes halogenated alkanes) is 3. The van der Waals surface area contributed by atoms with Gasteiger partial charge >= 0.3 is 0 Å². The number of benzene rings is 1. The molecule has 1 heterocycles. The largest absolute Gasteiger partial charge is 0.148 e. The van der Waals surface area contributed by atoms with Crippen molar-refractivity contribution in [3.8, 4) is 11.1 Å². The van der Waals surface area contributed by atoms with Crippen LogP contribution in [0.5, 0.6) is 0 Å². The summed E-state index contributed by atoms with van der Waals surface area (Å²) in [6, 6.07) is 13.0. The third-order valence-electron chi connectivity index (χ3n) is 3.09.